The molecule has 26 heavy (non-hydrogen) atoms. The number of rotatable bonds is 7. The molecule has 0 bridgehead atoms. The second-order valence-electron chi connectivity index (χ2n) is 6.77. The summed E-state index contributed by atoms with van der Waals surface area (Å²) in [6, 6.07) is 13.5. The number of carbonyl (C=O) groups is 1. The molecule has 1 aliphatic heterocycles. The van der Waals surface area contributed by atoms with Gasteiger partial charge in [-0.25, -0.2) is 8.42 Å². The fourth-order valence-corrected chi connectivity index (χ4v) is 4.50. The third-order valence-electron chi connectivity index (χ3n) is 4.75. The van der Waals surface area contributed by atoms with Crippen molar-refractivity contribution in [2.45, 2.75) is 36.0 Å². The van der Waals surface area contributed by atoms with E-state index >= 15 is 0 Å². The molecule has 0 aromatic heterocycles. The molecule has 0 aliphatic carbocycles. The molecule has 0 N–H and O–H groups in total. The summed E-state index contributed by atoms with van der Waals surface area (Å²) >= 11 is 0. The highest BCUT2D eigenvalue weighted by atomic mass is 32.2. The molecular formula is C20H22O5S. The number of hydrogen-bond donors (Lipinski definition) is 0. The average molecular weight is 374 g/mol. The minimum absolute atomic E-state index is 0.126. The predicted molar refractivity (Wildman–Crippen MR) is 98.1 cm³/mol. The highest BCUT2D eigenvalue weighted by molar-refractivity contribution is 7.91. The second kappa shape index (κ2) is 6.85. The van der Waals surface area contributed by atoms with E-state index < -0.39 is 20.7 Å². The number of ketones is 1. The van der Waals surface area contributed by atoms with Crippen molar-refractivity contribution in [1.29, 1.82) is 0 Å². The van der Waals surface area contributed by atoms with Gasteiger partial charge in [0.2, 0.25) is 0 Å². The predicted octanol–water partition coefficient (Wildman–Crippen LogP) is 3.27. The lowest BCUT2D eigenvalue weighted by molar-refractivity contribution is -0.123. The Morgan fingerprint density at radius 3 is 2.23 bits per heavy atom. The second-order valence-corrected chi connectivity index (χ2v) is 8.90. The van der Waals surface area contributed by atoms with E-state index in [4.69, 9.17) is 9.47 Å². The molecule has 2 aromatic carbocycles. The molecule has 2 atom stereocenters. The van der Waals surface area contributed by atoms with Crippen LogP contribution in [0.5, 0.6) is 5.75 Å². The van der Waals surface area contributed by atoms with E-state index in [0.29, 0.717) is 17.9 Å². The molecule has 2 aromatic rings. The Morgan fingerprint density at radius 2 is 1.73 bits per heavy atom. The Labute approximate surface area is 153 Å². The van der Waals surface area contributed by atoms with Gasteiger partial charge in [0, 0.05) is 6.42 Å². The maximum Gasteiger partial charge on any atom is 0.185 e. The first-order valence-corrected chi connectivity index (χ1v) is 9.93. The number of ether oxygens (including phenoxy) is 2. The molecule has 1 fully saturated rings. The maximum atomic E-state index is 13.3. The van der Waals surface area contributed by atoms with Crippen molar-refractivity contribution in [3.63, 3.8) is 0 Å². The number of aryl methyl sites for hydroxylation is 1. The first-order chi connectivity index (χ1) is 12.3. The summed E-state index contributed by atoms with van der Waals surface area (Å²) < 4.78 is 36.9. The standard InChI is InChI=1S/C20H22O5S/c1-14-4-10-17(11-5-14)26(22,23)18(12-19(21)20(2)13-25-20)15-6-8-16(24-3)9-7-15/h4-11,18H,12-13H2,1-3H3. The Balaban J connectivity index is 2.00. The first kappa shape index (κ1) is 18.6. The Morgan fingerprint density at radius 1 is 1.15 bits per heavy atom. The summed E-state index contributed by atoms with van der Waals surface area (Å²) in [5, 5.41) is -0.968. The molecule has 138 valence electrons. The highest BCUT2D eigenvalue weighted by Crippen LogP contribution is 2.37. The van der Waals surface area contributed by atoms with Crippen LogP contribution in [-0.2, 0) is 19.4 Å². The van der Waals surface area contributed by atoms with Gasteiger partial charge in [-0.1, -0.05) is 29.8 Å². The van der Waals surface area contributed by atoms with Crippen molar-refractivity contribution in [1.82, 2.24) is 0 Å². The zero-order chi connectivity index (χ0) is 18.9. The average Bonchev–Trinajstić information content (AvgIpc) is 3.39. The summed E-state index contributed by atoms with van der Waals surface area (Å²) in [5.41, 5.74) is 0.678. The fourth-order valence-electron chi connectivity index (χ4n) is 2.77. The zero-order valence-electron chi connectivity index (χ0n) is 15.1. The van der Waals surface area contributed by atoms with Gasteiger partial charge in [0.1, 0.15) is 11.4 Å². The third kappa shape index (κ3) is 3.66. The lowest BCUT2D eigenvalue weighted by Crippen LogP contribution is -2.26. The fraction of sp³-hybridized carbons (Fsp3) is 0.350. The van der Waals surface area contributed by atoms with E-state index in [1.807, 2.05) is 6.92 Å². The minimum Gasteiger partial charge on any atom is -0.497 e. The van der Waals surface area contributed by atoms with Crippen LogP contribution in [0.1, 0.15) is 29.7 Å². The SMILES string of the molecule is COc1ccc(C(CC(=O)C2(C)CO2)S(=O)(=O)c2ccc(C)cc2)cc1. The largest absolute Gasteiger partial charge is 0.497 e. The van der Waals surface area contributed by atoms with Crippen LogP contribution in [0.15, 0.2) is 53.4 Å². The molecule has 5 nitrogen and oxygen atoms in total. The van der Waals surface area contributed by atoms with Crippen LogP contribution in [0.2, 0.25) is 0 Å². The molecule has 0 spiro atoms. The zero-order valence-corrected chi connectivity index (χ0v) is 15.9. The van der Waals surface area contributed by atoms with Gasteiger partial charge in [0.05, 0.1) is 23.9 Å². The number of benzene rings is 2. The molecule has 0 saturated carbocycles. The summed E-state index contributed by atoms with van der Waals surface area (Å²) in [4.78, 5) is 12.8. The molecule has 3 rings (SSSR count). The van der Waals surface area contributed by atoms with Gasteiger partial charge in [-0.3, -0.25) is 4.79 Å². The Hall–Kier alpha value is -2.18. The number of methoxy groups -OCH3 is 1. The van der Waals surface area contributed by atoms with Crippen LogP contribution in [0.4, 0.5) is 0 Å². The number of hydrogen-bond acceptors (Lipinski definition) is 5. The van der Waals surface area contributed by atoms with Gasteiger partial charge in [-0.2, -0.15) is 0 Å². The lowest BCUT2D eigenvalue weighted by atomic mass is 9.99. The summed E-state index contributed by atoms with van der Waals surface area (Å²) in [5.74, 6) is 0.429. The van der Waals surface area contributed by atoms with E-state index in [1.54, 1.807) is 62.6 Å². The van der Waals surface area contributed by atoms with Crippen molar-refractivity contribution < 1.29 is 22.7 Å². The maximum absolute atomic E-state index is 13.3. The van der Waals surface area contributed by atoms with E-state index in [1.165, 1.54) is 0 Å². The van der Waals surface area contributed by atoms with Gasteiger partial charge in [0.25, 0.3) is 0 Å². The number of sulfone groups is 1. The summed E-state index contributed by atoms with van der Waals surface area (Å²) in [7, 11) is -2.19. The highest BCUT2D eigenvalue weighted by Gasteiger charge is 2.48. The van der Waals surface area contributed by atoms with Crippen LogP contribution >= 0.6 is 0 Å². The molecular weight excluding hydrogens is 352 g/mol. The minimum atomic E-state index is -3.74. The van der Waals surface area contributed by atoms with E-state index in [2.05, 4.69) is 0 Å². The molecule has 0 radical (unpaired) electrons. The van der Waals surface area contributed by atoms with Crippen LogP contribution in [0.3, 0.4) is 0 Å². The van der Waals surface area contributed by atoms with Crippen molar-refractivity contribution in [3.8, 4) is 5.75 Å². The van der Waals surface area contributed by atoms with Gasteiger partial charge in [-0.15, -0.1) is 0 Å². The first-order valence-electron chi connectivity index (χ1n) is 8.38. The van der Waals surface area contributed by atoms with Gasteiger partial charge < -0.3 is 9.47 Å². The van der Waals surface area contributed by atoms with Gasteiger partial charge in [-0.05, 0) is 43.7 Å². The summed E-state index contributed by atoms with van der Waals surface area (Å²) in [6.45, 7) is 3.93. The lowest BCUT2D eigenvalue weighted by Gasteiger charge is -2.19. The molecule has 1 heterocycles. The molecule has 0 amide bonds. The van der Waals surface area contributed by atoms with Crippen molar-refractivity contribution in [2.24, 2.45) is 0 Å². The van der Waals surface area contributed by atoms with Crippen LogP contribution < -0.4 is 4.74 Å². The van der Waals surface area contributed by atoms with E-state index in [9.17, 15) is 13.2 Å². The molecule has 1 aliphatic rings. The van der Waals surface area contributed by atoms with E-state index in [0.717, 1.165) is 5.56 Å². The quantitative estimate of drug-likeness (QED) is 0.696. The van der Waals surface area contributed by atoms with Crippen molar-refractivity contribution >= 4 is 15.6 Å². The number of carbonyl (C=O) groups excluding carboxylic acids is 1. The van der Waals surface area contributed by atoms with Crippen molar-refractivity contribution in [2.75, 3.05) is 13.7 Å². The molecule has 1 saturated heterocycles. The van der Waals surface area contributed by atoms with Gasteiger partial charge >= 0.3 is 0 Å². The smallest absolute Gasteiger partial charge is 0.185 e. The third-order valence-corrected chi connectivity index (χ3v) is 6.87. The Kier molecular flexibility index (Phi) is 4.90. The van der Waals surface area contributed by atoms with Crippen LogP contribution in [0, 0.1) is 6.92 Å². The van der Waals surface area contributed by atoms with Crippen LogP contribution in [-0.4, -0.2) is 33.5 Å². The Bertz CT molecular complexity index is 894. The number of Topliss-reactive ketones (excluding diaryl/α,β-unsaturated/α-hetero) is 1. The van der Waals surface area contributed by atoms with E-state index in [-0.39, 0.29) is 17.1 Å². The van der Waals surface area contributed by atoms with Gasteiger partial charge in [0.15, 0.2) is 15.6 Å². The van der Waals surface area contributed by atoms with Crippen molar-refractivity contribution in [3.05, 3.63) is 59.7 Å². The summed E-state index contributed by atoms with van der Waals surface area (Å²) in [6.07, 6.45) is -0.126. The molecule has 6 heteroatoms. The number of epoxide rings is 1. The molecule has 2 unspecified atom stereocenters. The van der Waals surface area contributed by atoms with Crippen LogP contribution in [0.25, 0.3) is 0 Å². The normalized spacial score (nSPS) is 20.4. The monoisotopic (exact) mass is 374 g/mol. The topological polar surface area (TPSA) is 73.0 Å².